The molecule has 1 aromatic rings. The van der Waals surface area contributed by atoms with Crippen molar-refractivity contribution in [2.24, 2.45) is 5.92 Å². The molecule has 2 amide bonds. The van der Waals surface area contributed by atoms with E-state index in [1.165, 1.54) is 18.2 Å². The van der Waals surface area contributed by atoms with Crippen LogP contribution in [0.15, 0.2) is 18.2 Å². The molecule has 156 valence electrons. The molecule has 3 rings (SSSR count). The Labute approximate surface area is 176 Å². The Hall–Kier alpha value is -1.41. The number of anilines is 1. The third-order valence-corrected chi connectivity index (χ3v) is 5.43. The van der Waals surface area contributed by atoms with Gasteiger partial charge in [-0.15, -0.1) is 12.4 Å². The largest absolute Gasteiger partial charge is 0.354 e. The van der Waals surface area contributed by atoms with E-state index in [-0.39, 0.29) is 41.8 Å². The molecule has 2 heterocycles. The molecule has 0 saturated carbocycles. The van der Waals surface area contributed by atoms with Crippen LogP contribution in [0.4, 0.5) is 10.1 Å². The lowest BCUT2D eigenvalue weighted by atomic mass is 9.98. The standard InChI is InChI=1S/C19H26ClFN4O2.ClH/c20-15-9-14(21)5-6-16(15)24-18(26)12-25-8-2-3-13(11-25)10-23-19(27)17-4-1-7-22-17;/h5-6,9,13,17,22H,1-4,7-8,10-12H2,(H,23,27)(H,24,26);1H. The quantitative estimate of drug-likeness (QED) is 0.645. The van der Waals surface area contributed by atoms with Crippen molar-refractivity contribution >= 4 is 41.5 Å². The molecule has 0 spiro atoms. The highest BCUT2D eigenvalue weighted by Gasteiger charge is 2.25. The minimum Gasteiger partial charge on any atom is -0.354 e. The second-order valence-electron chi connectivity index (χ2n) is 7.31. The van der Waals surface area contributed by atoms with E-state index in [1.54, 1.807) is 0 Å². The van der Waals surface area contributed by atoms with Crippen LogP contribution in [0.3, 0.4) is 0 Å². The van der Waals surface area contributed by atoms with Crippen molar-refractivity contribution < 1.29 is 14.0 Å². The van der Waals surface area contributed by atoms with E-state index in [9.17, 15) is 14.0 Å². The Balaban J connectivity index is 0.00000280. The van der Waals surface area contributed by atoms with Gasteiger partial charge in [0.25, 0.3) is 0 Å². The van der Waals surface area contributed by atoms with Gasteiger partial charge >= 0.3 is 0 Å². The number of piperidine rings is 1. The van der Waals surface area contributed by atoms with Crippen molar-refractivity contribution in [3.8, 4) is 0 Å². The van der Waals surface area contributed by atoms with E-state index in [1.807, 2.05) is 0 Å². The first kappa shape index (κ1) is 22.9. The summed E-state index contributed by atoms with van der Waals surface area (Å²) in [5.74, 6) is -0.199. The number of nitrogens with one attached hydrogen (secondary N) is 3. The summed E-state index contributed by atoms with van der Waals surface area (Å²) in [6.07, 6.45) is 3.98. The maximum atomic E-state index is 13.1. The predicted molar refractivity (Wildman–Crippen MR) is 110 cm³/mol. The fourth-order valence-corrected chi connectivity index (χ4v) is 3.94. The molecule has 2 atom stereocenters. The molecule has 2 aliphatic heterocycles. The second-order valence-corrected chi connectivity index (χ2v) is 7.72. The number of hydrogen-bond acceptors (Lipinski definition) is 4. The van der Waals surface area contributed by atoms with Crippen molar-refractivity contribution in [1.29, 1.82) is 0 Å². The molecule has 3 N–H and O–H groups in total. The number of nitrogens with zero attached hydrogens (tertiary/aromatic N) is 1. The maximum absolute atomic E-state index is 13.1. The first-order chi connectivity index (χ1) is 13.0. The highest BCUT2D eigenvalue weighted by Crippen LogP contribution is 2.22. The zero-order valence-corrected chi connectivity index (χ0v) is 17.3. The van der Waals surface area contributed by atoms with Crippen LogP contribution in [0.1, 0.15) is 25.7 Å². The molecule has 28 heavy (non-hydrogen) atoms. The Morgan fingerprint density at radius 2 is 2.11 bits per heavy atom. The lowest BCUT2D eigenvalue weighted by molar-refractivity contribution is -0.123. The van der Waals surface area contributed by atoms with Crippen LogP contribution in [-0.2, 0) is 9.59 Å². The zero-order valence-electron chi connectivity index (χ0n) is 15.7. The fraction of sp³-hybridized carbons (Fsp3) is 0.579. The van der Waals surface area contributed by atoms with Crippen molar-refractivity contribution in [3.63, 3.8) is 0 Å². The van der Waals surface area contributed by atoms with E-state index in [0.717, 1.165) is 45.3 Å². The fourth-order valence-electron chi connectivity index (χ4n) is 3.72. The molecule has 9 heteroatoms. The average molecular weight is 433 g/mol. The Morgan fingerprint density at radius 1 is 1.29 bits per heavy atom. The van der Waals surface area contributed by atoms with Crippen LogP contribution in [0, 0.1) is 11.7 Å². The SMILES string of the molecule is Cl.O=C(CN1CCCC(CNC(=O)C2CCCN2)C1)Nc1ccc(F)cc1Cl. The molecule has 1 aromatic carbocycles. The van der Waals surface area contributed by atoms with Gasteiger partial charge in [-0.3, -0.25) is 14.5 Å². The number of carbonyl (C=O) groups is 2. The van der Waals surface area contributed by atoms with Gasteiger partial charge < -0.3 is 16.0 Å². The van der Waals surface area contributed by atoms with Gasteiger partial charge in [-0.05, 0) is 62.9 Å². The van der Waals surface area contributed by atoms with Crippen LogP contribution in [0.25, 0.3) is 0 Å². The summed E-state index contributed by atoms with van der Waals surface area (Å²) in [6.45, 7) is 3.41. The minimum absolute atomic E-state index is 0. The molecule has 2 fully saturated rings. The minimum atomic E-state index is -0.438. The van der Waals surface area contributed by atoms with E-state index < -0.39 is 5.82 Å². The number of carbonyl (C=O) groups excluding carboxylic acids is 2. The second kappa shape index (κ2) is 11.0. The molecule has 0 radical (unpaired) electrons. The van der Waals surface area contributed by atoms with Gasteiger partial charge in [0.2, 0.25) is 11.8 Å². The van der Waals surface area contributed by atoms with E-state index >= 15 is 0 Å². The number of benzene rings is 1. The van der Waals surface area contributed by atoms with Gasteiger partial charge in [-0.1, -0.05) is 11.6 Å². The van der Waals surface area contributed by atoms with Crippen LogP contribution in [0.2, 0.25) is 5.02 Å². The summed E-state index contributed by atoms with van der Waals surface area (Å²) < 4.78 is 13.1. The third-order valence-electron chi connectivity index (χ3n) is 5.12. The zero-order chi connectivity index (χ0) is 19.2. The summed E-state index contributed by atoms with van der Waals surface area (Å²) in [7, 11) is 0. The first-order valence-corrected chi connectivity index (χ1v) is 9.87. The van der Waals surface area contributed by atoms with Crippen molar-refractivity contribution in [1.82, 2.24) is 15.5 Å². The number of likely N-dealkylation sites (tertiary alicyclic amines) is 1. The summed E-state index contributed by atoms with van der Waals surface area (Å²) >= 11 is 5.95. The summed E-state index contributed by atoms with van der Waals surface area (Å²) in [4.78, 5) is 26.5. The molecular formula is C19H27Cl2FN4O2. The average Bonchev–Trinajstić information content (AvgIpc) is 3.17. The van der Waals surface area contributed by atoms with Gasteiger partial charge in [0.1, 0.15) is 5.82 Å². The van der Waals surface area contributed by atoms with Crippen LogP contribution < -0.4 is 16.0 Å². The molecule has 2 unspecified atom stereocenters. The lowest BCUT2D eigenvalue weighted by Crippen LogP contribution is -2.46. The normalized spacial score (nSPS) is 22.4. The molecule has 2 saturated heterocycles. The number of hydrogen-bond donors (Lipinski definition) is 3. The van der Waals surface area contributed by atoms with Gasteiger partial charge in [0, 0.05) is 13.1 Å². The topological polar surface area (TPSA) is 73.5 Å². The Morgan fingerprint density at radius 3 is 2.82 bits per heavy atom. The van der Waals surface area contributed by atoms with E-state index in [0.29, 0.717) is 18.2 Å². The summed E-state index contributed by atoms with van der Waals surface area (Å²) in [5.41, 5.74) is 0.410. The number of halogens is 3. The Kier molecular flexibility index (Phi) is 8.95. The number of amides is 2. The molecule has 6 nitrogen and oxygen atoms in total. The van der Waals surface area contributed by atoms with Gasteiger partial charge in [-0.2, -0.15) is 0 Å². The monoisotopic (exact) mass is 432 g/mol. The smallest absolute Gasteiger partial charge is 0.238 e. The molecule has 0 aliphatic carbocycles. The molecule has 2 aliphatic rings. The van der Waals surface area contributed by atoms with Crippen molar-refractivity contribution in [3.05, 3.63) is 29.0 Å². The summed E-state index contributed by atoms with van der Waals surface area (Å²) in [6, 6.07) is 3.84. The predicted octanol–water partition coefficient (Wildman–Crippen LogP) is 2.42. The molecule has 0 aromatic heterocycles. The molecular weight excluding hydrogens is 406 g/mol. The van der Waals surface area contributed by atoms with Gasteiger partial charge in [0.15, 0.2) is 0 Å². The van der Waals surface area contributed by atoms with Crippen molar-refractivity contribution in [2.45, 2.75) is 31.7 Å². The first-order valence-electron chi connectivity index (χ1n) is 9.49. The van der Waals surface area contributed by atoms with Crippen LogP contribution in [-0.4, -0.2) is 55.5 Å². The van der Waals surface area contributed by atoms with Gasteiger partial charge in [0.05, 0.1) is 23.3 Å². The van der Waals surface area contributed by atoms with E-state index in [2.05, 4.69) is 20.9 Å². The van der Waals surface area contributed by atoms with Crippen molar-refractivity contribution in [2.75, 3.05) is 38.0 Å². The van der Waals surface area contributed by atoms with E-state index in [4.69, 9.17) is 11.6 Å². The molecule has 0 bridgehead atoms. The highest BCUT2D eigenvalue weighted by atomic mass is 35.5. The number of rotatable bonds is 6. The highest BCUT2D eigenvalue weighted by molar-refractivity contribution is 6.33. The van der Waals surface area contributed by atoms with Gasteiger partial charge in [-0.25, -0.2) is 4.39 Å². The Bertz CT molecular complexity index is 686. The lowest BCUT2D eigenvalue weighted by Gasteiger charge is -2.32. The summed E-state index contributed by atoms with van der Waals surface area (Å²) in [5, 5.41) is 9.15. The third kappa shape index (κ3) is 6.58. The van der Waals surface area contributed by atoms with Crippen LogP contribution in [0.5, 0.6) is 0 Å². The van der Waals surface area contributed by atoms with Crippen LogP contribution >= 0.6 is 24.0 Å². The maximum Gasteiger partial charge on any atom is 0.238 e.